The zero-order valence-corrected chi connectivity index (χ0v) is 9.95. The van der Waals surface area contributed by atoms with Crippen molar-refractivity contribution in [2.45, 2.75) is 19.4 Å². The molecular weight excluding hydrogens is 244 g/mol. The Morgan fingerprint density at radius 3 is 2.76 bits per heavy atom. The fourth-order valence-corrected chi connectivity index (χ4v) is 1.76. The summed E-state index contributed by atoms with van der Waals surface area (Å²) in [6.07, 6.45) is -0.943. The topological polar surface area (TPSA) is 98.5 Å². The number of carbonyl (C=O) groups excluding carboxylic acids is 3. The van der Waals surface area contributed by atoms with Crippen molar-refractivity contribution >= 4 is 29.2 Å². The van der Waals surface area contributed by atoms with Crippen LogP contribution in [0.15, 0.2) is 17.5 Å². The summed E-state index contributed by atoms with van der Waals surface area (Å²) >= 11 is 1.42. The molecule has 1 aromatic rings. The van der Waals surface area contributed by atoms with Crippen LogP contribution in [0.1, 0.15) is 11.8 Å². The largest absolute Gasteiger partial charge is 0.452 e. The molecule has 0 saturated carbocycles. The Balaban J connectivity index is 2.40. The van der Waals surface area contributed by atoms with Crippen LogP contribution >= 0.6 is 11.3 Å². The lowest BCUT2D eigenvalue weighted by atomic mass is 10.3. The number of hydrogen-bond acceptors (Lipinski definition) is 5. The Labute approximate surface area is 102 Å². The van der Waals surface area contributed by atoms with Gasteiger partial charge >= 0.3 is 12.0 Å². The number of primary amides is 1. The number of hydrogen-bond donors (Lipinski definition) is 2. The number of urea groups is 1. The van der Waals surface area contributed by atoms with Gasteiger partial charge in [-0.15, -0.1) is 11.3 Å². The molecular formula is C10H12N2O4S. The van der Waals surface area contributed by atoms with Crippen LogP contribution < -0.4 is 11.1 Å². The van der Waals surface area contributed by atoms with E-state index in [2.05, 4.69) is 0 Å². The Morgan fingerprint density at radius 2 is 2.24 bits per heavy atom. The Bertz CT molecular complexity index is 416. The molecule has 0 aromatic carbocycles. The average Bonchev–Trinajstić information content (AvgIpc) is 2.68. The number of esters is 1. The third-order valence-corrected chi connectivity index (χ3v) is 2.70. The summed E-state index contributed by atoms with van der Waals surface area (Å²) in [5.41, 5.74) is 4.76. The predicted octanol–water partition coefficient (Wildman–Crippen LogP) is 0.417. The van der Waals surface area contributed by atoms with Gasteiger partial charge < -0.3 is 10.5 Å². The maximum Gasteiger partial charge on any atom is 0.318 e. The van der Waals surface area contributed by atoms with Gasteiger partial charge in [-0.05, 0) is 18.4 Å². The number of rotatable bonds is 4. The molecule has 0 fully saturated rings. The molecule has 1 atom stereocenters. The highest BCUT2D eigenvalue weighted by Gasteiger charge is 2.19. The molecule has 0 unspecified atom stereocenters. The van der Waals surface area contributed by atoms with Gasteiger partial charge in [0.2, 0.25) is 0 Å². The Kier molecular flexibility index (Phi) is 4.65. The van der Waals surface area contributed by atoms with Crippen LogP contribution in [-0.2, 0) is 20.7 Å². The van der Waals surface area contributed by atoms with E-state index in [1.54, 1.807) is 6.07 Å². The van der Waals surface area contributed by atoms with Crippen molar-refractivity contribution in [2.24, 2.45) is 5.73 Å². The quantitative estimate of drug-likeness (QED) is 0.762. The van der Waals surface area contributed by atoms with E-state index in [0.717, 1.165) is 4.88 Å². The van der Waals surface area contributed by atoms with Crippen LogP contribution in [0.25, 0.3) is 0 Å². The van der Waals surface area contributed by atoms with E-state index >= 15 is 0 Å². The maximum atomic E-state index is 11.4. The molecule has 0 radical (unpaired) electrons. The molecule has 1 rings (SSSR count). The minimum atomic E-state index is -1.05. The molecule has 0 saturated heterocycles. The number of nitrogens with one attached hydrogen (secondary N) is 1. The number of amides is 3. The highest BCUT2D eigenvalue weighted by atomic mass is 32.1. The van der Waals surface area contributed by atoms with Crippen molar-refractivity contribution in [1.29, 1.82) is 0 Å². The molecule has 3 amide bonds. The van der Waals surface area contributed by atoms with Gasteiger partial charge in [0, 0.05) is 4.88 Å². The lowest BCUT2D eigenvalue weighted by Crippen LogP contribution is -2.42. The minimum Gasteiger partial charge on any atom is -0.452 e. The zero-order valence-electron chi connectivity index (χ0n) is 9.14. The van der Waals surface area contributed by atoms with Gasteiger partial charge in [0.05, 0.1) is 6.42 Å². The monoisotopic (exact) mass is 256 g/mol. The number of carbonyl (C=O) groups is 3. The normalized spacial score (nSPS) is 11.6. The van der Waals surface area contributed by atoms with Crippen molar-refractivity contribution in [2.75, 3.05) is 0 Å². The predicted molar refractivity (Wildman–Crippen MR) is 61.3 cm³/mol. The zero-order chi connectivity index (χ0) is 12.8. The second-order valence-corrected chi connectivity index (χ2v) is 4.27. The first-order valence-electron chi connectivity index (χ1n) is 4.81. The van der Waals surface area contributed by atoms with Gasteiger partial charge in [-0.2, -0.15) is 0 Å². The van der Waals surface area contributed by atoms with E-state index < -0.39 is 24.0 Å². The van der Waals surface area contributed by atoms with Crippen molar-refractivity contribution in [3.8, 4) is 0 Å². The van der Waals surface area contributed by atoms with Crippen LogP contribution in [0.3, 0.4) is 0 Å². The van der Waals surface area contributed by atoms with Crippen LogP contribution in [-0.4, -0.2) is 24.0 Å². The minimum absolute atomic E-state index is 0.103. The average molecular weight is 256 g/mol. The molecule has 3 N–H and O–H groups in total. The lowest BCUT2D eigenvalue weighted by molar-refractivity contribution is -0.153. The van der Waals surface area contributed by atoms with Crippen LogP contribution in [0.2, 0.25) is 0 Å². The standard InChI is InChI=1S/C10H12N2O4S/c1-6(9(14)12-10(11)15)16-8(13)5-7-3-2-4-17-7/h2-4,6H,5H2,1H3,(H3,11,12,14,15)/t6-/m1/s1. The van der Waals surface area contributed by atoms with E-state index in [0.29, 0.717) is 0 Å². The SMILES string of the molecule is C[C@@H](OC(=O)Cc1cccs1)C(=O)NC(N)=O. The van der Waals surface area contributed by atoms with Crippen molar-refractivity contribution < 1.29 is 19.1 Å². The summed E-state index contributed by atoms with van der Waals surface area (Å²) in [6.45, 7) is 1.37. The molecule has 0 aliphatic heterocycles. The van der Waals surface area contributed by atoms with E-state index in [-0.39, 0.29) is 6.42 Å². The molecule has 17 heavy (non-hydrogen) atoms. The van der Waals surface area contributed by atoms with Gasteiger partial charge in [0.15, 0.2) is 6.10 Å². The van der Waals surface area contributed by atoms with Crippen molar-refractivity contribution in [3.63, 3.8) is 0 Å². The van der Waals surface area contributed by atoms with Crippen LogP contribution in [0.4, 0.5) is 4.79 Å². The smallest absolute Gasteiger partial charge is 0.318 e. The molecule has 1 aromatic heterocycles. The second-order valence-electron chi connectivity index (χ2n) is 3.24. The molecule has 0 spiro atoms. The lowest BCUT2D eigenvalue weighted by Gasteiger charge is -2.11. The number of ether oxygens (including phenoxy) is 1. The number of imide groups is 1. The summed E-state index contributed by atoms with van der Waals surface area (Å²) in [4.78, 5) is 33.9. The van der Waals surface area contributed by atoms with Gasteiger partial charge in [-0.1, -0.05) is 6.07 Å². The fourth-order valence-electron chi connectivity index (χ4n) is 1.07. The molecule has 0 aliphatic rings. The van der Waals surface area contributed by atoms with Crippen LogP contribution in [0.5, 0.6) is 0 Å². The maximum absolute atomic E-state index is 11.4. The van der Waals surface area contributed by atoms with E-state index in [1.807, 2.05) is 16.8 Å². The van der Waals surface area contributed by atoms with Gasteiger partial charge in [-0.3, -0.25) is 14.9 Å². The van der Waals surface area contributed by atoms with E-state index in [1.165, 1.54) is 18.3 Å². The summed E-state index contributed by atoms with van der Waals surface area (Å²) in [5.74, 6) is -1.27. The first kappa shape index (κ1) is 13.2. The highest BCUT2D eigenvalue weighted by molar-refractivity contribution is 7.10. The van der Waals surface area contributed by atoms with E-state index in [9.17, 15) is 14.4 Å². The molecule has 7 heteroatoms. The fraction of sp³-hybridized carbons (Fsp3) is 0.300. The summed E-state index contributed by atoms with van der Waals surface area (Å²) in [7, 11) is 0. The molecule has 0 aliphatic carbocycles. The summed E-state index contributed by atoms with van der Waals surface area (Å²) in [5, 5.41) is 3.67. The molecule has 92 valence electrons. The molecule has 0 bridgehead atoms. The molecule has 6 nitrogen and oxygen atoms in total. The van der Waals surface area contributed by atoms with E-state index in [4.69, 9.17) is 10.5 Å². The van der Waals surface area contributed by atoms with Crippen LogP contribution in [0, 0.1) is 0 Å². The van der Waals surface area contributed by atoms with Gasteiger partial charge in [-0.25, -0.2) is 4.79 Å². The third-order valence-electron chi connectivity index (χ3n) is 1.82. The Morgan fingerprint density at radius 1 is 1.53 bits per heavy atom. The summed E-state index contributed by atoms with van der Waals surface area (Å²) < 4.78 is 4.83. The van der Waals surface area contributed by atoms with Crippen molar-refractivity contribution in [3.05, 3.63) is 22.4 Å². The third kappa shape index (κ3) is 4.64. The first-order chi connectivity index (χ1) is 7.99. The van der Waals surface area contributed by atoms with Gasteiger partial charge in [0.1, 0.15) is 0 Å². The summed E-state index contributed by atoms with van der Waals surface area (Å²) in [6, 6.07) is 2.63. The Hall–Kier alpha value is -1.89. The van der Waals surface area contributed by atoms with Crippen molar-refractivity contribution in [1.82, 2.24) is 5.32 Å². The molecule has 1 heterocycles. The number of thiophene rings is 1. The highest BCUT2D eigenvalue weighted by Crippen LogP contribution is 2.10. The number of nitrogens with two attached hydrogens (primary N) is 1. The van der Waals surface area contributed by atoms with Gasteiger partial charge in [0.25, 0.3) is 5.91 Å². The second kappa shape index (κ2) is 6.00. The first-order valence-corrected chi connectivity index (χ1v) is 5.69.